The third-order valence-corrected chi connectivity index (χ3v) is 6.70. The fourth-order valence-corrected chi connectivity index (χ4v) is 4.95. The number of ether oxygens (including phenoxy) is 1. The lowest BCUT2D eigenvalue weighted by Crippen LogP contribution is -2.51. The van der Waals surface area contributed by atoms with Crippen LogP contribution in [0.25, 0.3) is 0 Å². The fourth-order valence-electron chi connectivity index (χ4n) is 4.95. The SMILES string of the molecule is O=C(NCCCN1CCN(C2CCCCC2)CC1)[C@H]1COc2ccccc2C1. The summed E-state index contributed by atoms with van der Waals surface area (Å²) < 4.78 is 5.74. The highest BCUT2D eigenvalue weighted by atomic mass is 16.5. The Morgan fingerprint density at radius 1 is 1.07 bits per heavy atom. The van der Waals surface area contributed by atoms with Crippen molar-refractivity contribution in [1.29, 1.82) is 0 Å². The molecule has 1 aromatic carbocycles. The number of fused-ring (bicyclic) bond motifs is 1. The first-order chi connectivity index (χ1) is 13.8. The van der Waals surface area contributed by atoms with Gasteiger partial charge in [0.05, 0.1) is 5.92 Å². The van der Waals surface area contributed by atoms with Crippen LogP contribution in [0.2, 0.25) is 0 Å². The standard InChI is InChI=1S/C23H35N3O2/c27-23(20-17-19-7-4-5-10-22(19)28-18-20)24-11-6-12-25-13-15-26(16-14-25)21-8-2-1-3-9-21/h4-5,7,10,20-21H,1-3,6,8-9,11-18H2,(H,24,27)/t20-/m1/s1. The van der Waals surface area contributed by atoms with Gasteiger partial charge in [-0.1, -0.05) is 37.5 Å². The molecule has 0 aromatic heterocycles. The molecule has 5 heteroatoms. The zero-order chi connectivity index (χ0) is 19.2. The van der Waals surface area contributed by atoms with Gasteiger partial charge in [0, 0.05) is 38.8 Å². The van der Waals surface area contributed by atoms with Gasteiger partial charge in [-0.3, -0.25) is 9.69 Å². The van der Waals surface area contributed by atoms with E-state index in [1.165, 1.54) is 58.3 Å². The average Bonchev–Trinajstić information content (AvgIpc) is 2.77. The molecule has 2 fully saturated rings. The summed E-state index contributed by atoms with van der Waals surface area (Å²) >= 11 is 0. The zero-order valence-corrected chi connectivity index (χ0v) is 17.1. The van der Waals surface area contributed by atoms with Crippen LogP contribution in [0.4, 0.5) is 0 Å². The summed E-state index contributed by atoms with van der Waals surface area (Å²) in [5.74, 6) is 1.00. The van der Waals surface area contributed by atoms with Crippen molar-refractivity contribution in [2.75, 3.05) is 45.9 Å². The van der Waals surface area contributed by atoms with Gasteiger partial charge in [0.1, 0.15) is 12.4 Å². The zero-order valence-electron chi connectivity index (χ0n) is 17.1. The van der Waals surface area contributed by atoms with E-state index >= 15 is 0 Å². The molecule has 3 aliphatic rings. The second-order valence-electron chi connectivity index (χ2n) is 8.63. The van der Waals surface area contributed by atoms with E-state index in [9.17, 15) is 4.79 Å². The Morgan fingerprint density at radius 2 is 1.86 bits per heavy atom. The van der Waals surface area contributed by atoms with E-state index in [1.54, 1.807) is 0 Å². The van der Waals surface area contributed by atoms with E-state index < -0.39 is 0 Å². The van der Waals surface area contributed by atoms with Crippen LogP contribution in [0.3, 0.4) is 0 Å². The minimum absolute atomic E-state index is 0.0612. The Morgan fingerprint density at radius 3 is 2.68 bits per heavy atom. The fraction of sp³-hybridized carbons (Fsp3) is 0.696. The lowest BCUT2D eigenvalue weighted by Gasteiger charge is -2.40. The summed E-state index contributed by atoms with van der Waals surface area (Å²) in [5.41, 5.74) is 1.14. The second-order valence-corrected chi connectivity index (χ2v) is 8.63. The van der Waals surface area contributed by atoms with E-state index in [4.69, 9.17) is 4.74 Å². The summed E-state index contributed by atoms with van der Waals surface area (Å²) in [6, 6.07) is 8.88. The Hall–Kier alpha value is -1.59. The molecule has 28 heavy (non-hydrogen) atoms. The number of hydrogen-bond acceptors (Lipinski definition) is 4. The maximum absolute atomic E-state index is 12.5. The predicted molar refractivity (Wildman–Crippen MR) is 112 cm³/mol. The van der Waals surface area contributed by atoms with Crippen molar-refractivity contribution in [3.63, 3.8) is 0 Å². The van der Waals surface area contributed by atoms with Crippen LogP contribution in [-0.2, 0) is 11.2 Å². The van der Waals surface area contributed by atoms with E-state index in [2.05, 4.69) is 21.2 Å². The number of nitrogens with one attached hydrogen (secondary N) is 1. The molecule has 0 bridgehead atoms. The Labute approximate surface area is 169 Å². The van der Waals surface area contributed by atoms with Gasteiger partial charge in [-0.2, -0.15) is 0 Å². The van der Waals surface area contributed by atoms with Gasteiger partial charge in [-0.25, -0.2) is 0 Å². The van der Waals surface area contributed by atoms with E-state index in [0.717, 1.165) is 43.3 Å². The molecule has 0 spiro atoms. The van der Waals surface area contributed by atoms with Gasteiger partial charge in [0.15, 0.2) is 0 Å². The smallest absolute Gasteiger partial charge is 0.226 e. The highest BCUT2D eigenvalue weighted by Crippen LogP contribution is 2.27. The summed E-state index contributed by atoms with van der Waals surface area (Å²) in [6.07, 6.45) is 8.89. The number of nitrogens with zero attached hydrogens (tertiary/aromatic N) is 2. The number of carbonyl (C=O) groups is 1. The van der Waals surface area contributed by atoms with E-state index in [0.29, 0.717) is 6.61 Å². The van der Waals surface area contributed by atoms with Gasteiger partial charge in [0.2, 0.25) is 5.91 Å². The van der Waals surface area contributed by atoms with Gasteiger partial charge in [-0.05, 0) is 43.9 Å². The molecular weight excluding hydrogens is 350 g/mol. The minimum Gasteiger partial charge on any atom is -0.492 e. The highest BCUT2D eigenvalue weighted by Gasteiger charge is 2.26. The highest BCUT2D eigenvalue weighted by molar-refractivity contribution is 5.79. The molecule has 1 amide bonds. The topological polar surface area (TPSA) is 44.8 Å². The van der Waals surface area contributed by atoms with Crippen molar-refractivity contribution < 1.29 is 9.53 Å². The van der Waals surface area contributed by atoms with Gasteiger partial charge >= 0.3 is 0 Å². The number of rotatable bonds is 6. The average molecular weight is 386 g/mol. The first-order valence-electron chi connectivity index (χ1n) is 11.2. The monoisotopic (exact) mass is 385 g/mol. The van der Waals surface area contributed by atoms with Crippen LogP contribution in [0.15, 0.2) is 24.3 Å². The normalized spacial score (nSPS) is 24.4. The van der Waals surface area contributed by atoms with Crippen molar-refractivity contribution in [2.45, 2.75) is 51.0 Å². The van der Waals surface area contributed by atoms with Gasteiger partial charge in [-0.15, -0.1) is 0 Å². The van der Waals surface area contributed by atoms with Crippen LogP contribution < -0.4 is 10.1 Å². The quantitative estimate of drug-likeness (QED) is 0.765. The molecule has 0 radical (unpaired) electrons. The number of carbonyl (C=O) groups excluding carboxylic acids is 1. The van der Waals surface area contributed by atoms with Crippen LogP contribution >= 0.6 is 0 Å². The van der Waals surface area contributed by atoms with Crippen molar-refractivity contribution in [3.8, 4) is 5.75 Å². The summed E-state index contributed by atoms with van der Waals surface area (Å²) in [5, 5.41) is 3.13. The maximum Gasteiger partial charge on any atom is 0.226 e. The number of para-hydroxylation sites is 1. The molecule has 4 rings (SSSR count). The predicted octanol–water partition coefficient (Wildman–Crippen LogP) is 2.69. The molecular formula is C23H35N3O2. The Kier molecular flexibility index (Phi) is 6.86. The molecule has 0 unspecified atom stereocenters. The minimum atomic E-state index is -0.0612. The summed E-state index contributed by atoms with van der Waals surface area (Å²) in [7, 11) is 0. The molecule has 2 heterocycles. The summed E-state index contributed by atoms with van der Waals surface area (Å²) in [6.45, 7) is 7.13. The van der Waals surface area contributed by atoms with E-state index in [1.807, 2.05) is 18.2 Å². The lowest BCUT2D eigenvalue weighted by molar-refractivity contribution is -0.126. The first kappa shape index (κ1) is 19.7. The van der Waals surface area contributed by atoms with Crippen molar-refractivity contribution in [1.82, 2.24) is 15.1 Å². The van der Waals surface area contributed by atoms with Crippen LogP contribution in [0.1, 0.15) is 44.1 Å². The molecule has 154 valence electrons. The molecule has 1 atom stereocenters. The van der Waals surface area contributed by atoms with Crippen molar-refractivity contribution in [2.24, 2.45) is 5.92 Å². The molecule has 1 N–H and O–H groups in total. The number of benzene rings is 1. The summed E-state index contributed by atoms with van der Waals surface area (Å²) in [4.78, 5) is 17.7. The number of piperazine rings is 1. The Balaban J connectivity index is 1.11. The van der Waals surface area contributed by atoms with Crippen molar-refractivity contribution in [3.05, 3.63) is 29.8 Å². The van der Waals surface area contributed by atoms with Crippen molar-refractivity contribution >= 4 is 5.91 Å². The van der Waals surface area contributed by atoms with Gasteiger partial charge < -0.3 is 15.0 Å². The molecule has 1 saturated carbocycles. The second kappa shape index (κ2) is 9.75. The maximum atomic E-state index is 12.5. The molecule has 2 aliphatic heterocycles. The third kappa shape index (κ3) is 5.06. The lowest BCUT2D eigenvalue weighted by atomic mass is 9.94. The molecule has 5 nitrogen and oxygen atoms in total. The van der Waals surface area contributed by atoms with Crippen LogP contribution in [0, 0.1) is 5.92 Å². The van der Waals surface area contributed by atoms with Crippen LogP contribution in [0.5, 0.6) is 5.75 Å². The number of hydrogen-bond donors (Lipinski definition) is 1. The molecule has 1 aromatic rings. The molecule has 1 aliphatic carbocycles. The third-order valence-electron chi connectivity index (χ3n) is 6.70. The van der Waals surface area contributed by atoms with Crippen LogP contribution in [-0.4, -0.2) is 67.6 Å². The van der Waals surface area contributed by atoms with Gasteiger partial charge in [0.25, 0.3) is 0 Å². The molecule has 1 saturated heterocycles. The number of amides is 1. The van der Waals surface area contributed by atoms with E-state index in [-0.39, 0.29) is 11.8 Å². The first-order valence-corrected chi connectivity index (χ1v) is 11.2. The Bertz CT molecular complexity index is 636. The largest absolute Gasteiger partial charge is 0.492 e.